The highest BCUT2D eigenvalue weighted by Crippen LogP contribution is 2.41. The molecule has 1 atom stereocenters. The molecule has 0 unspecified atom stereocenters. The predicted molar refractivity (Wildman–Crippen MR) is 104 cm³/mol. The van der Waals surface area contributed by atoms with Gasteiger partial charge < -0.3 is 0 Å². The molecule has 4 aromatic rings. The largest absolute Gasteiger partial charge is 0.240 e. The summed E-state index contributed by atoms with van der Waals surface area (Å²) < 4.78 is 2.50. The van der Waals surface area contributed by atoms with Gasteiger partial charge in [0.05, 0.1) is 5.39 Å². The van der Waals surface area contributed by atoms with Crippen molar-refractivity contribution in [2.45, 2.75) is 39.7 Å². The molecule has 124 valence electrons. The molecule has 25 heavy (non-hydrogen) atoms. The van der Waals surface area contributed by atoms with E-state index < -0.39 is 0 Å². The van der Waals surface area contributed by atoms with E-state index in [-0.39, 0.29) is 0 Å². The third kappa shape index (κ3) is 1.97. The number of benzene rings is 3. The van der Waals surface area contributed by atoms with Crippen molar-refractivity contribution in [3.05, 3.63) is 59.9 Å². The quantitative estimate of drug-likeness (QED) is 0.366. The molecule has 0 spiro atoms. The zero-order valence-corrected chi connectivity index (χ0v) is 15.1. The molecule has 5 rings (SSSR count). The first kappa shape index (κ1) is 14.8. The van der Waals surface area contributed by atoms with Crippen LogP contribution >= 0.6 is 0 Å². The van der Waals surface area contributed by atoms with E-state index in [4.69, 9.17) is 4.98 Å². The molecule has 2 heterocycles. The van der Waals surface area contributed by atoms with Crippen molar-refractivity contribution in [2.24, 2.45) is 5.92 Å². The van der Waals surface area contributed by atoms with Crippen LogP contribution in [0.4, 0.5) is 0 Å². The molecular weight excluding hydrogens is 304 g/mol. The lowest BCUT2D eigenvalue weighted by molar-refractivity contribution is -0.685. The Kier molecular flexibility index (Phi) is 3.12. The van der Waals surface area contributed by atoms with Crippen LogP contribution in [-0.4, -0.2) is 4.98 Å². The van der Waals surface area contributed by atoms with Crippen molar-refractivity contribution < 1.29 is 4.57 Å². The smallest absolute Gasteiger partial charge is 0.240 e. The molecule has 0 aliphatic carbocycles. The molecule has 1 aromatic heterocycles. The maximum absolute atomic E-state index is 5.14. The fraction of sp³-hybridized carbons (Fsp3) is 0.304. The van der Waals surface area contributed by atoms with Gasteiger partial charge in [0.25, 0.3) is 0 Å². The maximum atomic E-state index is 5.14. The third-order valence-electron chi connectivity index (χ3n) is 5.53. The van der Waals surface area contributed by atoms with E-state index in [1.807, 2.05) is 0 Å². The van der Waals surface area contributed by atoms with E-state index in [1.54, 1.807) is 0 Å². The van der Waals surface area contributed by atoms with Crippen LogP contribution in [0.15, 0.2) is 48.7 Å². The van der Waals surface area contributed by atoms with Crippen LogP contribution in [0.2, 0.25) is 0 Å². The summed E-state index contributed by atoms with van der Waals surface area (Å²) in [6, 6.07) is 16.0. The number of fused-ring (bicyclic) bond motifs is 3. The Morgan fingerprint density at radius 2 is 1.76 bits per heavy atom. The van der Waals surface area contributed by atoms with Crippen LogP contribution in [0.5, 0.6) is 0 Å². The predicted octanol–water partition coefficient (Wildman–Crippen LogP) is 5.34. The standard InChI is InChI=1S/C23H23N2/c1-4-20-19-11-7-10-17-16-8-5-6-9-18(16)22-23(21(17)19)25(20)13-15(24-22)12-14(2)3/h5-11,13-14,20H,4,12H2,1-3H3/q+1/t20-/m0/s1. The summed E-state index contributed by atoms with van der Waals surface area (Å²) in [5.74, 6) is 0.608. The second-order valence-electron chi connectivity index (χ2n) is 7.67. The van der Waals surface area contributed by atoms with E-state index in [2.05, 4.69) is 74.0 Å². The lowest BCUT2D eigenvalue weighted by Crippen LogP contribution is -2.38. The van der Waals surface area contributed by atoms with Gasteiger partial charge in [0.15, 0.2) is 12.2 Å². The molecule has 0 saturated heterocycles. The van der Waals surface area contributed by atoms with Crippen molar-refractivity contribution in [2.75, 3.05) is 0 Å². The fourth-order valence-corrected chi connectivity index (χ4v) is 4.60. The summed E-state index contributed by atoms with van der Waals surface area (Å²) >= 11 is 0. The Balaban J connectivity index is 2.02. The van der Waals surface area contributed by atoms with Gasteiger partial charge in [-0.1, -0.05) is 63.2 Å². The molecule has 1 aliphatic rings. The number of rotatable bonds is 3. The minimum absolute atomic E-state index is 0.423. The van der Waals surface area contributed by atoms with Crippen molar-refractivity contribution in [1.82, 2.24) is 4.98 Å². The maximum Gasteiger partial charge on any atom is 0.240 e. The molecule has 0 saturated carbocycles. The minimum Gasteiger partial charge on any atom is -0.240 e. The summed E-state index contributed by atoms with van der Waals surface area (Å²) in [5.41, 5.74) is 5.16. The SMILES string of the molecule is CC[C@H]1c2cccc3c4ccccc4c4nc(CC(C)C)c[n+]1c4c23. The first-order valence-electron chi connectivity index (χ1n) is 9.37. The van der Waals surface area contributed by atoms with Crippen LogP contribution in [0, 0.1) is 5.92 Å². The van der Waals surface area contributed by atoms with Gasteiger partial charge in [-0.3, -0.25) is 0 Å². The highest BCUT2D eigenvalue weighted by molar-refractivity contribution is 6.23. The van der Waals surface area contributed by atoms with Crippen LogP contribution < -0.4 is 4.57 Å². The Morgan fingerprint density at radius 3 is 2.52 bits per heavy atom. The van der Waals surface area contributed by atoms with Gasteiger partial charge >= 0.3 is 0 Å². The summed E-state index contributed by atoms with van der Waals surface area (Å²) in [4.78, 5) is 5.14. The van der Waals surface area contributed by atoms with E-state index >= 15 is 0 Å². The Bertz CT molecular complexity index is 1140. The minimum atomic E-state index is 0.423. The molecular formula is C23H23N2+. The highest BCUT2D eigenvalue weighted by atomic mass is 15.0. The zero-order chi connectivity index (χ0) is 17.1. The molecule has 1 aliphatic heterocycles. The van der Waals surface area contributed by atoms with Gasteiger partial charge in [0.2, 0.25) is 5.52 Å². The molecule has 0 amide bonds. The normalized spacial score (nSPS) is 16.1. The zero-order valence-electron chi connectivity index (χ0n) is 15.1. The van der Waals surface area contributed by atoms with Gasteiger partial charge in [0.1, 0.15) is 11.2 Å². The first-order chi connectivity index (χ1) is 12.2. The first-order valence-corrected chi connectivity index (χ1v) is 9.37. The Labute approximate surface area is 148 Å². The van der Waals surface area contributed by atoms with Crippen molar-refractivity contribution in [3.63, 3.8) is 0 Å². The molecule has 3 aromatic carbocycles. The van der Waals surface area contributed by atoms with Crippen molar-refractivity contribution in [1.29, 1.82) is 0 Å². The van der Waals surface area contributed by atoms with Crippen LogP contribution in [0.3, 0.4) is 0 Å². The van der Waals surface area contributed by atoms with E-state index in [0.29, 0.717) is 12.0 Å². The summed E-state index contributed by atoms with van der Waals surface area (Å²) in [6.45, 7) is 6.82. The van der Waals surface area contributed by atoms with Gasteiger partial charge in [-0.2, -0.15) is 4.57 Å². The Hall–Kier alpha value is -2.48. The van der Waals surface area contributed by atoms with Gasteiger partial charge in [0, 0.05) is 17.4 Å². The number of nitrogens with zero attached hydrogens (tertiary/aromatic N) is 2. The van der Waals surface area contributed by atoms with Crippen LogP contribution in [-0.2, 0) is 6.42 Å². The van der Waals surface area contributed by atoms with Gasteiger partial charge in [-0.05, 0) is 23.1 Å². The Morgan fingerprint density at radius 1 is 1.00 bits per heavy atom. The highest BCUT2D eigenvalue weighted by Gasteiger charge is 2.35. The van der Waals surface area contributed by atoms with Crippen molar-refractivity contribution in [3.8, 4) is 0 Å². The molecule has 0 fully saturated rings. The molecule has 2 heteroatoms. The second kappa shape index (κ2) is 5.26. The topological polar surface area (TPSA) is 16.8 Å². The summed E-state index contributed by atoms with van der Waals surface area (Å²) in [6.07, 6.45) is 4.44. The number of aromatic nitrogens is 2. The van der Waals surface area contributed by atoms with Crippen molar-refractivity contribution >= 4 is 32.6 Å². The van der Waals surface area contributed by atoms with Crippen LogP contribution in [0.25, 0.3) is 32.6 Å². The van der Waals surface area contributed by atoms with E-state index in [1.165, 1.54) is 43.8 Å². The average Bonchev–Trinajstić information content (AvgIpc) is 2.94. The van der Waals surface area contributed by atoms with Gasteiger partial charge in [-0.15, -0.1) is 0 Å². The third-order valence-corrected chi connectivity index (χ3v) is 5.53. The summed E-state index contributed by atoms with van der Waals surface area (Å²) in [5, 5.41) is 5.37. The summed E-state index contributed by atoms with van der Waals surface area (Å²) in [7, 11) is 0. The number of hydrogen-bond donors (Lipinski definition) is 0. The van der Waals surface area contributed by atoms with Gasteiger partial charge in [-0.25, -0.2) is 4.98 Å². The second-order valence-corrected chi connectivity index (χ2v) is 7.67. The lowest BCUT2D eigenvalue weighted by Gasteiger charge is -2.09. The fourth-order valence-electron chi connectivity index (χ4n) is 4.60. The number of hydrogen-bond acceptors (Lipinski definition) is 1. The lowest BCUT2D eigenvalue weighted by atomic mass is 9.95. The monoisotopic (exact) mass is 327 g/mol. The molecule has 0 radical (unpaired) electrons. The van der Waals surface area contributed by atoms with E-state index in [9.17, 15) is 0 Å². The average molecular weight is 327 g/mol. The molecule has 0 N–H and O–H groups in total. The molecule has 2 nitrogen and oxygen atoms in total. The van der Waals surface area contributed by atoms with Crippen LogP contribution in [0.1, 0.15) is 44.5 Å². The molecule has 0 bridgehead atoms. The van der Waals surface area contributed by atoms with E-state index in [0.717, 1.165) is 12.8 Å².